The van der Waals surface area contributed by atoms with Gasteiger partial charge in [0, 0.05) is 12.3 Å². The average molecular weight is 361 g/mol. The van der Waals surface area contributed by atoms with Crippen molar-refractivity contribution in [1.29, 1.82) is 0 Å². The number of nitrogens with one attached hydrogen (secondary N) is 1. The van der Waals surface area contributed by atoms with Crippen LogP contribution in [0.15, 0.2) is 47.4 Å². The Bertz CT molecular complexity index is 941. The first kappa shape index (κ1) is 17.4. The fraction of sp³-hybridized carbons (Fsp3) is 0.143. The molecule has 5 nitrogen and oxygen atoms in total. The third-order valence-corrected chi connectivity index (χ3v) is 5.10. The van der Waals surface area contributed by atoms with Crippen LogP contribution in [0.4, 0.5) is 14.5 Å². The number of sulfone groups is 1. The third kappa shape index (κ3) is 4.49. The second-order valence-electron chi connectivity index (χ2n) is 4.91. The number of halogens is 2. The van der Waals surface area contributed by atoms with Gasteiger partial charge < -0.3 is 0 Å². The lowest BCUT2D eigenvalue weighted by molar-refractivity contribution is 0.551. The highest BCUT2D eigenvalue weighted by atomic mass is 32.2. The van der Waals surface area contributed by atoms with Gasteiger partial charge in [-0.25, -0.2) is 25.6 Å². The Kier molecular flexibility index (Phi) is 4.71. The van der Waals surface area contributed by atoms with Crippen LogP contribution in [-0.4, -0.2) is 23.1 Å². The fourth-order valence-corrected chi connectivity index (χ4v) is 3.90. The van der Waals surface area contributed by atoms with Crippen LogP contribution in [0.2, 0.25) is 0 Å². The molecule has 0 fully saturated rings. The van der Waals surface area contributed by atoms with Gasteiger partial charge in [0.05, 0.1) is 11.4 Å². The molecule has 23 heavy (non-hydrogen) atoms. The molecule has 0 saturated heterocycles. The van der Waals surface area contributed by atoms with Crippen molar-refractivity contribution in [3.05, 3.63) is 59.7 Å². The largest absolute Gasteiger partial charge is 0.279 e. The van der Waals surface area contributed by atoms with Crippen LogP contribution in [0.3, 0.4) is 0 Å². The monoisotopic (exact) mass is 361 g/mol. The van der Waals surface area contributed by atoms with E-state index >= 15 is 0 Å². The normalized spacial score (nSPS) is 12.1. The number of rotatable bonds is 5. The van der Waals surface area contributed by atoms with E-state index in [1.807, 2.05) is 0 Å². The van der Waals surface area contributed by atoms with Crippen molar-refractivity contribution in [2.45, 2.75) is 10.6 Å². The van der Waals surface area contributed by atoms with Crippen LogP contribution in [-0.2, 0) is 25.6 Å². The molecule has 0 spiro atoms. The quantitative estimate of drug-likeness (QED) is 0.886. The molecule has 0 aromatic heterocycles. The van der Waals surface area contributed by atoms with Crippen LogP contribution >= 0.6 is 0 Å². The third-order valence-electron chi connectivity index (χ3n) is 2.86. The van der Waals surface area contributed by atoms with Crippen molar-refractivity contribution >= 4 is 25.5 Å². The summed E-state index contributed by atoms with van der Waals surface area (Å²) in [6.45, 7) is 0. The summed E-state index contributed by atoms with van der Waals surface area (Å²) in [7, 11) is -7.72. The molecular weight excluding hydrogens is 348 g/mol. The lowest BCUT2D eigenvalue weighted by Crippen LogP contribution is -2.16. The first-order chi connectivity index (χ1) is 10.6. The summed E-state index contributed by atoms with van der Waals surface area (Å²) in [5.41, 5.74) is 0.239. The SMILES string of the molecule is CS(=O)(=O)Cc1ccccc1NS(=O)(=O)c1ccc(F)cc1F. The molecule has 9 heteroatoms. The Morgan fingerprint density at radius 2 is 1.65 bits per heavy atom. The van der Waals surface area contributed by atoms with Gasteiger partial charge in [-0.05, 0) is 23.8 Å². The molecular formula is C14H13F2NO4S2. The molecule has 0 saturated carbocycles. The minimum Gasteiger partial charge on any atom is -0.279 e. The van der Waals surface area contributed by atoms with E-state index < -0.39 is 36.4 Å². The molecule has 0 atom stereocenters. The zero-order chi connectivity index (χ0) is 17.3. The van der Waals surface area contributed by atoms with Gasteiger partial charge >= 0.3 is 0 Å². The van der Waals surface area contributed by atoms with Gasteiger partial charge in [0.25, 0.3) is 10.0 Å². The first-order valence-corrected chi connectivity index (χ1v) is 9.86. The molecule has 0 radical (unpaired) electrons. The number of para-hydroxylation sites is 1. The molecule has 0 aliphatic heterocycles. The molecule has 0 aliphatic carbocycles. The molecule has 2 aromatic rings. The number of benzene rings is 2. The highest BCUT2D eigenvalue weighted by molar-refractivity contribution is 7.92. The molecule has 0 bridgehead atoms. The Morgan fingerprint density at radius 1 is 1.00 bits per heavy atom. The van der Waals surface area contributed by atoms with Gasteiger partial charge in [0.15, 0.2) is 9.84 Å². The van der Waals surface area contributed by atoms with E-state index in [-0.39, 0.29) is 17.0 Å². The van der Waals surface area contributed by atoms with E-state index in [1.165, 1.54) is 18.2 Å². The van der Waals surface area contributed by atoms with Crippen molar-refractivity contribution in [1.82, 2.24) is 0 Å². The Balaban J connectivity index is 2.42. The molecule has 0 unspecified atom stereocenters. The van der Waals surface area contributed by atoms with E-state index in [4.69, 9.17) is 0 Å². The van der Waals surface area contributed by atoms with Gasteiger partial charge in [0.1, 0.15) is 16.5 Å². The van der Waals surface area contributed by atoms with Crippen LogP contribution in [0, 0.1) is 11.6 Å². The summed E-state index contributed by atoms with van der Waals surface area (Å²) in [4.78, 5) is -0.729. The summed E-state index contributed by atoms with van der Waals surface area (Å²) in [5, 5.41) is 0. The summed E-state index contributed by atoms with van der Waals surface area (Å²) in [6, 6.07) is 7.93. The highest BCUT2D eigenvalue weighted by Gasteiger charge is 2.21. The zero-order valence-electron chi connectivity index (χ0n) is 12.0. The Morgan fingerprint density at radius 3 is 2.26 bits per heavy atom. The molecule has 124 valence electrons. The summed E-state index contributed by atoms with van der Waals surface area (Å²) in [6.07, 6.45) is 1.01. The Hall–Kier alpha value is -2.00. The molecule has 0 amide bonds. The van der Waals surface area contributed by atoms with E-state index in [0.717, 1.165) is 18.4 Å². The first-order valence-electron chi connectivity index (χ1n) is 6.32. The summed E-state index contributed by atoms with van der Waals surface area (Å²) in [5.74, 6) is -2.52. The van der Waals surface area contributed by atoms with Crippen molar-refractivity contribution in [2.75, 3.05) is 11.0 Å². The molecule has 2 aromatic carbocycles. The van der Waals surface area contributed by atoms with E-state index in [0.29, 0.717) is 6.07 Å². The maximum absolute atomic E-state index is 13.7. The van der Waals surface area contributed by atoms with Gasteiger partial charge in [-0.3, -0.25) is 4.72 Å². The standard InChI is InChI=1S/C14H13F2NO4S2/c1-22(18,19)9-10-4-2-3-5-13(10)17-23(20,21)14-7-6-11(15)8-12(14)16/h2-8,17H,9H2,1H3. The predicted molar refractivity (Wildman–Crippen MR) is 82.2 cm³/mol. The molecule has 2 rings (SSSR count). The van der Waals surface area contributed by atoms with Crippen molar-refractivity contribution in [2.24, 2.45) is 0 Å². The van der Waals surface area contributed by atoms with Gasteiger partial charge in [-0.2, -0.15) is 0 Å². The van der Waals surface area contributed by atoms with Crippen molar-refractivity contribution < 1.29 is 25.6 Å². The zero-order valence-corrected chi connectivity index (χ0v) is 13.6. The molecule has 0 heterocycles. The maximum Gasteiger partial charge on any atom is 0.264 e. The molecule has 0 aliphatic rings. The summed E-state index contributed by atoms with van der Waals surface area (Å²) < 4.78 is 75.9. The van der Waals surface area contributed by atoms with E-state index in [1.54, 1.807) is 6.07 Å². The van der Waals surface area contributed by atoms with Gasteiger partial charge in [0.2, 0.25) is 0 Å². The predicted octanol–water partition coefficient (Wildman–Crippen LogP) is 2.31. The second kappa shape index (κ2) is 6.25. The minimum atomic E-state index is -4.33. The molecule has 1 N–H and O–H groups in total. The lowest BCUT2D eigenvalue weighted by Gasteiger charge is -2.12. The van der Waals surface area contributed by atoms with E-state index in [9.17, 15) is 25.6 Å². The van der Waals surface area contributed by atoms with Gasteiger partial charge in [-0.15, -0.1) is 0 Å². The summed E-state index contributed by atoms with van der Waals surface area (Å²) >= 11 is 0. The Labute approximate surface area is 132 Å². The average Bonchev–Trinajstić information content (AvgIpc) is 2.38. The number of hydrogen-bond acceptors (Lipinski definition) is 4. The van der Waals surface area contributed by atoms with Crippen LogP contribution < -0.4 is 4.72 Å². The maximum atomic E-state index is 13.7. The van der Waals surface area contributed by atoms with Gasteiger partial charge in [-0.1, -0.05) is 18.2 Å². The smallest absolute Gasteiger partial charge is 0.264 e. The second-order valence-corrected chi connectivity index (χ2v) is 8.70. The van der Waals surface area contributed by atoms with Crippen molar-refractivity contribution in [3.63, 3.8) is 0 Å². The van der Waals surface area contributed by atoms with Crippen LogP contribution in [0.5, 0.6) is 0 Å². The number of hydrogen-bond donors (Lipinski definition) is 1. The topological polar surface area (TPSA) is 80.3 Å². The number of sulfonamides is 1. The highest BCUT2D eigenvalue weighted by Crippen LogP contribution is 2.23. The van der Waals surface area contributed by atoms with E-state index in [2.05, 4.69) is 4.72 Å². The minimum absolute atomic E-state index is 0.0154. The van der Waals surface area contributed by atoms with Crippen LogP contribution in [0.1, 0.15) is 5.56 Å². The van der Waals surface area contributed by atoms with Crippen LogP contribution in [0.25, 0.3) is 0 Å². The number of anilines is 1. The van der Waals surface area contributed by atoms with Crippen molar-refractivity contribution in [3.8, 4) is 0 Å². The fourth-order valence-electron chi connectivity index (χ4n) is 1.92. The lowest BCUT2D eigenvalue weighted by atomic mass is 10.2.